The number of hydrogen-bond acceptors (Lipinski definition) is 2. The quantitative estimate of drug-likeness (QED) is 0.815. The Bertz CT molecular complexity index is 558. The first kappa shape index (κ1) is 14.0. The van der Waals surface area contributed by atoms with Crippen LogP contribution in [0.25, 0.3) is 0 Å². The van der Waals surface area contributed by atoms with Gasteiger partial charge in [0.1, 0.15) is 11.6 Å². The molecule has 0 aliphatic heterocycles. The highest BCUT2D eigenvalue weighted by Crippen LogP contribution is 2.23. The van der Waals surface area contributed by atoms with Gasteiger partial charge in [-0.1, -0.05) is 34.1 Å². The van der Waals surface area contributed by atoms with Crippen molar-refractivity contribution in [2.24, 2.45) is 0 Å². The Morgan fingerprint density at radius 2 is 1.79 bits per heavy atom. The summed E-state index contributed by atoms with van der Waals surface area (Å²) in [4.78, 5) is 0. The summed E-state index contributed by atoms with van der Waals surface area (Å²) in [5, 5.41) is 0. The van der Waals surface area contributed by atoms with Crippen molar-refractivity contribution in [3.63, 3.8) is 0 Å². The molecule has 0 bridgehead atoms. The molecular weight excluding hydrogens is 311 g/mol. The maximum Gasteiger partial charge on any atom is 0.128 e. The van der Waals surface area contributed by atoms with Crippen LogP contribution in [0.1, 0.15) is 11.1 Å². The van der Waals surface area contributed by atoms with Gasteiger partial charge in [0.05, 0.1) is 20.3 Å². The molecule has 0 aliphatic carbocycles. The van der Waals surface area contributed by atoms with Gasteiger partial charge in [-0.05, 0) is 29.8 Å². The lowest BCUT2D eigenvalue weighted by atomic mass is 10.2. The third kappa shape index (κ3) is 3.78. The molecule has 0 saturated carbocycles. The third-order valence-electron chi connectivity index (χ3n) is 2.73. The zero-order valence-corrected chi connectivity index (χ0v) is 12.1. The largest absolute Gasteiger partial charge is 0.497 e. The second-order valence-corrected chi connectivity index (χ2v) is 4.90. The average Bonchev–Trinajstić information content (AvgIpc) is 2.43. The molecule has 100 valence electrons. The van der Waals surface area contributed by atoms with Crippen molar-refractivity contribution in [2.45, 2.75) is 13.2 Å². The molecule has 2 aromatic carbocycles. The molecule has 19 heavy (non-hydrogen) atoms. The number of methoxy groups -OCH3 is 1. The van der Waals surface area contributed by atoms with Crippen LogP contribution in [0, 0.1) is 5.82 Å². The highest BCUT2D eigenvalue weighted by molar-refractivity contribution is 9.10. The SMILES string of the molecule is COc1ccc(Br)c(COCc2ccccc2F)c1. The second kappa shape index (κ2) is 6.68. The van der Waals surface area contributed by atoms with Crippen molar-refractivity contribution in [3.8, 4) is 5.75 Å². The van der Waals surface area contributed by atoms with E-state index in [1.165, 1.54) is 6.07 Å². The number of ether oxygens (including phenoxy) is 2. The Hall–Kier alpha value is -1.39. The summed E-state index contributed by atoms with van der Waals surface area (Å²) in [6, 6.07) is 12.3. The molecule has 0 fully saturated rings. The van der Waals surface area contributed by atoms with Crippen LogP contribution in [0.4, 0.5) is 4.39 Å². The van der Waals surface area contributed by atoms with E-state index in [1.807, 2.05) is 18.2 Å². The smallest absolute Gasteiger partial charge is 0.128 e. The van der Waals surface area contributed by atoms with Crippen molar-refractivity contribution in [1.29, 1.82) is 0 Å². The number of halogens is 2. The molecule has 0 radical (unpaired) electrons. The van der Waals surface area contributed by atoms with E-state index in [1.54, 1.807) is 25.3 Å². The Morgan fingerprint density at radius 1 is 1.05 bits per heavy atom. The molecule has 0 saturated heterocycles. The van der Waals surface area contributed by atoms with Crippen LogP contribution in [-0.4, -0.2) is 7.11 Å². The van der Waals surface area contributed by atoms with Crippen LogP contribution >= 0.6 is 15.9 Å². The molecule has 0 aromatic heterocycles. The monoisotopic (exact) mass is 324 g/mol. The molecule has 0 heterocycles. The van der Waals surface area contributed by atoms with Crippen LogP contribution in [0.15, 0.2) is 46.9 Å². The van der Waals surface area contributed by atoms with Gasteiger partial charge in [-0.3, -0.25) is 0 Å². The van der Waals surface area contributed by atoms with Gasteiger partial charge in [0.25, 0.3) is 0 Å². The summed E-state index contributed by atoms with van der Waals surface area (Å²) in [5.74, 6) is 0.528. The van der Waals surface area contributed by atoms with Crippen molar-refractivity contribution < 1.29 is 13.9 Å². The molecule has 0 spiro atoms. The number of rotatable bonds is 5. The fraction of sp³-hybridized carbons (Fsp3) is 0.200. The van der Waals surface area contributed by atoms with Gasteiger partial charge in [-0.15, -0.1) is 0 Å². The summed E-state index contributed by atoms with van der Waals surface area (Å²) in [5.41, 5.74) is 1.53. The zero-order chi connectivity index (χ0) is 13.7. The molecule has 2 rings (SSSR count). The first-order valence-electron chi connectivity index (χ1n) is 5.84. The average molecular weight is 325 g/mol. The van der Waals surface area contributed by atoms with Crippen LogP contribution in [0.5, 0.6) is 5.75 Å². The van der Waals surface area contributed by atoms with E-state index in [4.69, 9.17) is 9.47 Å². The van der Waals surface area contributed by atoms with E-state index in [9.17, 15) is 4.39 Å². The fourth-order valence-corrected chi connectivity index (χ4v) is 2.04. The van der Waals surface area contributed by atoms with E-state index < -0.39 is 0 Å². The molecule has 0 aliphatic rings. The molecule has 2 nitrogen and oxygen atoms in total. The highest BCUT2D eigenvalue weighted by Gasteiger charge is 2.04. The van der Waals surface area contributed by atoms with Crippen molar-refractivity contribution in [3.05, 3.63) is 63.9 Å². The molecule has 0 N–H and O–H groups in total. The minimum atomic E-state index is -0.243. The minimum Gasteiger partial charge on any atom is -0.497 e. The van der Waals surface area contributed by atoms with Gasteiger partial charge >= 0.3 is 0 Å². The third-order valence-corrected chi connectivity index (χ3v) is 3.50. The Morgan fingerprint density at radius 3 is 2.53 bits per heavy atom. The van der Waals surface area contributed by atoms with Gasteiger partial charge in [-0.25, -0.2) is 4.39 Å². The Balaban J connectivity index is 1.98. The summed E-state index contributed by atoms with van der Waals surface area (Å²) >= 11 is 3.45. The Kier molecular flexibility index (Phi) is 4.93. The molecule has 0 atom stereocenters. The highest BCUT2D eigenvalue weighted by atomic mass is 79.9. The Labute approximate surface area is 120 Å². The summed E-state index contributed by atoms with van der Waals surface area (Å²) in [6.45, 7) is 0.641. The predicted octanol–water partition coefficient (Wildman–Crippen LogP) is 4.31. The van der Waals surface area contributed by atoms with E-state index >= 15 is 0 Å². The molecule has 0 amide bonds. The standard InChI is InChI=1S/C15H14BrFO2/c1-18-13-6-7-14(16)12(8-13)10-19-9-11-4-2-3-5-15(11)17/h2-8H,9-10H2,1H3. The fourth-order valence-electron chi connectivity index (χ4n) is 1.68. The van der Waals surface area contributed by atoms with Crippen LogP contribution in [0.3, 0.4) is 0 Å². The van der Waals surface area contributed by atoms with Gasteiger partial charge in [0, 0.05) is 10.0 Å². The first-order valence-corrected chi connectivity index (χ1v) is 6.63. The lowest BCUT2D eigenvalue weighted by Crippen LogP contribution is -1.98. The maximum atomic E-state index is 13.4. The normalized spacial score (nSPS) is 10.5. The van der Waals surface area contributed by atoms with Gasteiger partial charge in [-0.2, -0.15) is 0 Å². The number of benzene rings is 2. The predicted molar refractivity (Wildman–Crippen MR) is 75.6 cm³/mol. The van der Waals surface area contributed by atoms with E-state index in [2.05, 4.69) is 15.9 Å². The maximum absolute atomic E-state index is 13.4. The summed E-state index contributed by atoms with van der Waals surface area (Å²) < 4.78 is 25.0. The van der Waals surface area contributed by atoms with Gasteiger partial charge in [0.15, 0.2) is 0 Å². The van der Waals surface area contributed by atoms with Crippen LogP contribution in [-0.2, 0) is 18.0 Å². The van der Waals surface area contributed by atoms with Crippen LogP contribution < -0.4 is 4.74 Å². The molecular formula is C15H14BrFO2. The van der Waals surface area contributed by atoms with E-state index in [0.29, 0.717) is 12.2 Å². The second-order valence-electron chi connectivity index (χ2n) is 4.04. The molecule has 2 aromatic rings. The lowest BCUT2D eigenvalue weighted by molar-refractivity contribution is 0.104. The van der Waals surface area contributed by atoms with E-state index in [-0.39, 0.29) is 12.4 Å². The van der Waals surface area contributed by atoms with Gasteiger partial charge < -0.3 is 9.47 Å². The van der Waals surface area contributed by atoms with Crippen LogP contribution in [0.2, 0.25) is 0 Å². The zero-order valence-electron chi connectivity index (χ0n) is 10.5. The van der Waals surface area contributed by atoms with Crippen molar-refractivity contribution in [1.82, 2.24) is 0 Å². The molecule has 0 unspecified atom stereocenters. The van der Waals surface area contributed by atoms with Gasteiger partial charge in [0.2, 0.25) is 0 Å². The topological polar surface area (TPSA) is 18.5 Å². The van der Waals surface area contributed by atoms with E-state index in [0.717, 1.165) is 15.8 Å². The summed E-state index contributed by atoms with van der Waals surface area (Å²) in [7, 11) is 1.62. The first-order chi connectivity index (χ1) is 9.20. The summed E-state index contributed by atoms with van der Waals surface area (Å²) in [6.07, 6.45) is 0. The number of hydrogen-bond donors (Lipinski definition) is 0. The molecule has 4 heteroatoms. The lowest BCUT2D eigenvalue weighted by Gasteiger charge is -2.09. The van der Waals surface area contributed by atoms with Crippen molar-refractivity contribution >= 4 is 15.9 Å². The minimum absolute atomic E-state index is 0.243. The van der Waals surface area contributed by atoms with Crippen molar-refractivity contribution in [2.75, 3.05) is 7.11 Å².